The van der Waals surface area contributed by atoms with Gasteiger partial charge in [0.05, 0.1) is 19.8 Å². The molecule has 2 fully saturated rings. The molecule has 2 aromatic carbocycles. The molecule has 3 atom stereocenters. The third-order valence-electron chi connectivity index (χ3n) is 8.62. The standard InChI is InChI=1S/C35H48FN5O6/c36-30-11-9-27(10-12-30)34(44)38-15-5-4-8-31-35(45)39-16-13-29-24-41(23-26-6-2-1-3-7-26)18-14-28(29)22-32(42)37-17-19-46-20-21-47-25-33(43)40-31/h1-3,6-7,9-12,28-29,31H,4-5,8,13-25H2,(H,37,42)(H,38,44)(H,39,45)(H,40,43)/t28-,29-,31-/m0/s1. The molecule has 4 N–H and O–H groups in total. The highest BCUT2D eigenvalue weighted by Crippen LogP contribution is 2.30. The van der Waals surface area contributed by atoms with Gasteiger partial charge < -0.3 is 30.7 Å². The van der Waals surface area contributed by atoms with E-state index in [-0.39, 0.29) is 49.4 Å². The number of amides is 4. The van der Waals surface area contributed by atoms with Gasteiger partial charge in [0.25, 0.3) is 5.91 Å². The lowest BCUT2D eigenvalue weighted by molar-refractivity contribution is -0.132. The average Bonchev–Trinajstić information content (AvgIpc) is 3.06. The fraction of sp³-hybridized carbons (Fsp3) is 0.543. The van der Waals surface area contributed by atoms with Crippen LogP contribution >= 0.6 is 0 Å². The van der Waals surface area contributed by atoms with Crippen LogP contribution in [-0.2, 0) is 30.4 Å². The van der Waals surface area contributed by atoms with E-state index in [4.69, 9.17) is 9.47 Å². The number of hydrogen-bond acceptors (Lipinski definition) is 7. The molecule has 2 heterocycles. The van der Waals surface area contributed by atoms with E-state index in [2.05, 4.69) is 38.3 Å². The third-order valence-corrected chi connectivity index (χ3v) is 8.62. The van der Waals surface area contributed by atoms with Crippen LogP contribution in [0.2, 0.25) is 0 Å². The van der Waals surface area contributed by atoms with E-state index >= 15 is 0 Å². The van der Waals surface area contributed by atoms with Gasteiger partial charge in [-0.1, -0.05) is 30.3 Å². The number of carbonyl (C=O) groups is 4. The lowest BCUT2D eigenvalue weighted by Crippen LogP contribution is -2.49. The Bertz CT molecular complexity index is 1280. The maximum atomic E-state index is 13.3. The largest absolute Gasteiger partial charge is 0.377 e. The predicted molar refractivity (Wildman–Crippen MR) is 175 cm³/mol. The summed E-state index contributed by atoms with van der Waals surface area (Å²) >= 11 is 0. The van der Waals surface area contributed by atoms with Gasteiger partial charge in [0, 0.05) is 44.7 Å². The van der Waals surface area contributed by atoms with Crippen molar-refractivity contribution in [2.24, 2.45) is 11.8 Å². The minimum absolute atomic E-state index is 0.00188. The van der Waals surface area contributed by atoms with Crippen LogP contribution in [0.15, 0.2) is 54.6 Å². The first kappa shape index (κ1) is 36.0. The molecule has 0 spiro atoms. The number of piperidine rings is 1. The lowest BCUT2D eigenvalue weighted by atomic mass is 9.80. The predicted octanol–water partition coefficient (Wildman–Crippen LogP) is 2.41. The Morgan fingerprint density at radius 3 is 2.47 bits per heavy atom. The average molecular weight is 654 g/mol. The normalized spacial score (nSPS) is 22.7. The van der Waals surface area contributed by atoms with Crippen LogP contribution in [0.4, 0.5) is 4.39 Å². The summed E-state index contributed by atoms with van der Waals surface area (Å²) < 4.78 is 24.1. The summed E-state index contributed by atoms with van der Waals surface area (Å²) in [4.78, 5) is 53.5. The summed E-state index contributed by atoms with van der Waals surface area (Å²) in [5.41, 5.74) is 1.61. The minimum Gasteiger partial charge on any atom is -0.377 e. The van der Waals surface area contributed by atoms with Crippen molar-refractivity contribution in [3.63, 3.8) is 0 Å². The first-order valence-corrected chi connectivity index (χ1v) is 16.7. The van der Waals surface area contributed by atoms with E-state index in [1.807, 2.05) is 18.2 Å². The highest BCUT2D eigenvalue weighted by molar-refractivity contribution is 5.94. The molecule has 2 aliphatic rings. The Morgan fingerprint density at radius 1 is 0.872 bits per heavy atom. The van der Waals surface area contributed by atoms with E-state index in [0.717, 1.165) is 26.1 Å². The number of carbonyl (C=O) groups excluding carboxylic acids is 4. The second-order valence-electron chi connectivity index (χ2n) is 12.2. The SMILES string of the molecule is O=C1C[C@@H]2CCN(Cc3ccccc3)C[C@@H]2CCNC(=O)[C@H](CCCCNC(=O)c2ccc(F)cc2)NC(=O)COCCOCCN1. The Balaban J connectivity index is 1.33. The number of benzene rings is 2. The third kappa shape index (κ3) is 13.0. The zero-order chi connectivity index (χ0) is 33.3. The molecule has 0 unspecified atom stereocenters. The second kappa shape index (κ2) is 19.7. The highest BCUT2D eigenvalue weighted by atomic mass is 19.1. The molecule has 4 rings (SSSR count). The highest BCUT2D eigenvalue weighted by Gasteiger charge is 2.31. The summed E-state index contributed by atoms with van der Waals surface area (Å²) in [5.74, 6) is -0.983. The Labute approximate surface area is 276 Å². The van der Waals surface area contributed by atoms with Crippen molar-refractivity contribution in [3.8, 4) is 0 Å². The van der Waals surface area contributed by atoms with E-state index in [0.29, 0.717) is 63.9 Å². The van der Waals surface area contributed by atoms with Gasteiger partial charge in [-0.05, 0) is 80.3 Å². The molecule has 0 bridgehead atoms. The number of ether oxygens (including phenoxy) is 2. The zero-order valence-corrected chi connectivity index (χ0v) is 27.0. The van der Waals surface area contributed by atoms with Gasteiger partial charge >= 0.3 is 0 Å². The maximum Gasteiger partial charge on any atom is 0.251 e. The summed E-state index contributed by atoms with van der Waals surface area (Å²) in [6, 6.07) is 14.9. The van der Waals surface area contributed by atoms with Crippen LogP contribution in [0.3, 0.4) is 0 Å². The van der Waals surface area contributed by atoms with E-state index in [1.54, 1.807) is 0 Å². The molecule has 11 nitrogen and oxygen atoms in total. The number of hydrogen-bond donors (Lipinski definition) is 4. The van der Waals surface area contributed by atoms with Crippen molar-refractivity contribution in [1.82, 2.24) is 26.2 Å². The first-order valence-electron chi connectivity index (χ1n) is 16.7. The molecular formula is C35H48FN5O6. The first-order chi connectivity index (χ1) is 22.9. The summed E-state index contributed by atoms with van der Waals surface area (Å²) in [7, 11) is 0. The summed E-state index contributed by atoms with van der Waals surface area (Å²) in [6.07, 6.45) is 3.57. The fourth-order valence-corrected chi connectivity index (χ4v) is 6.08. The van der Waals surface area contributed by atoms with Gasteiger partial charge in [0.15, 0.2) is 0 Å². The number of nitrogens with one attached hydrogen (secondary N) is 4. The van der Waals surface area contributed by atoms with E-state index < -0.39 is 17.8 Å². The van der Waals surface area contributed by atoms with Gasteiger partial charge in [0.2, 0.25) is 17.7 Å². The quantitative estimate of drug-likeness (QED) is 0.321. The number of halogens is 1. The van der Waals surface area contributed by atoms with Crippen molar-refractivity contribution in [3.05, 3.63) is 71.5 Å². The van der Waals surface area contributed by atoms with Crippen molar-refractivity contribution >= 4 is 23.6 Å². The summed E-state index contributed by atoms with van der Waals surface area (Å²) in [6.45, 7) is 4.38. The van der Waals surface area contributed by atoms with Crippen LogP contribution in [-0.4, -0.2) is 93.7 Å². The molecule has 0 aliphatic carbocycles. The molecule has 256 valence electrons. The molecule has 12 heteroatoms. The molecular weight excluding hydrogens is 605 g/mol. The van der Waals surface area contributed by atoms with Gasteiger partial charge in [-0.2, -0.15) is 0 Å². The van der Waals surface area contributed by atoms with E-state index in [1.165, 1.54) is 29.8 Å². The zero-order valence-electron chi connectivity index (χ0n) is 27.0. The number of likely N-dealkylation sites (tertiary alicyclic amines) is 1. The number of unbranched alkanes of at least 4 members (excludes halogenated alkanes) is 1. The fourth-order valence-electron chi connectivity index (χ4n) is 6.08. The number of fused-ring (bicyclic) bond motifs is 1. The van der Waals surface area contributed by atoms with Crippen LogP contribution in [0.1, 0.15) is 54.4 Å². The molecule has 0 radical (unpaired) electrons. The van der Waals surface area contributed by atoms with Crippen molar-refractivity contribution in [2.75, 3.05) is 59.2 Å². The van der Waals surface area contributed by atoms with Crippen LogP contribution in [0, 0.1) is 17.7 Å². The number of rotatable bonds is 8. The lowest BCUT2D eigenvalue weighted by Gasteiger charge is -2.38. The van der Waals surface area contributed by atoms with Gasteiger partial charge in [-0.3, -0.25) is 24.1 Å². The smallest absolute Gasteiger partial charge is 0.251 e. The molecule has 4 amide bonds. The molecule has 2 saturated heterocycles. The molecule has 2 aromatic rings. The second-order valence-corrected chi connectivity index (χ2v) is 12.2. The topological polar surface area (TPSA) is 138 Å². The van der Waals surface area contributed by atoms with Crippen LogP contribution in [0.5, 0.6) is 0 Å². The van der Waals surface area contributed by atoms with E-state index in [9.17, 15) is 23.6 Å². The Morgan fingerprint density at radius 2 is 1.66 bits per heavy atom. The maximum absolute atomic E-state index is 13.3. The minimum atomic E-state index is -0.764. The van der Waals surface area contributed by atoms with Gasteiger partial charge in [-0.15, -0.1) is 0 Å². The number of nitrogens with zero attached hydrogens (tertiary/aromatic N) is 1. The van der Waals surface area contributed by atoms with Crippen LogP contribution < -0.4 is 21.3 Å². The molecule has 0 aromatic heterocycles. The Kier molecular flexibility index (Phi) is 15.1. The molecule has 0 saturated carbocycles. The monoisotopic (exact) mass is 653 g/mol. The molecule has 47 heavy (non-hydrogen) atoms. The van der Waals surface area contributed by atoms with Crippen molar-refractivity contribution < 1.29 is 33.0 Å². The summed E-state index contributed by atoms with van der Waals surface area (Å²) in [5, 5.41) is 11.6. The Hall–Kier alpha value is -3.87. The molecule has 2 aliphatic heterocycles. The van der Waals surface area contributed by atoms with Gasteiger partial charge in [0.1, 0.15) is 18.5 Å². The van der Waals surface area contributed by atoms with Gasteiger partial charge in [-0.25, -0.2) is 4.39 Å². The van der Waals surface area contributed by atoms with Crippen molar-refractivity contribution in [1.29, 1.82) is 0 Å². The van der Waals surface area contributed by atoms with Crippen LogP contribution in [0.25, 0.3) is 0 Å². The van der Waals surface area contributed by atoms with Crippen molar-refractivity contribution in [2.45, 2.75) is 51.1 Å².